The van der Waals surface area contributed by atoms with Crippen LogP contribution in [-0.2, 0) is 12.0 Å². The smallest absolute Gasteiger partial charge is 0.263 e. The Morgan fingerprint density at radius 3 is 2.64 bits per heavy atom. The average molecular weight is 339 g/mol. The molecule has 1 unspecified atom stereocenters. The van der Waals surface area contributed by atoms with Crippen molar-refractivity contribution in [3.63, 3.8) is 0 Å². The largest absolute Gasteiger partial charge is 0.353 e. The van der Waals surface area contributed by atoms with Crippen molar-refractivity contribution in [1.29, 1.82) is 0 Å². The molecule has 6 nitrogen and oxygen atoms in total. The fourth-order valence-corrected chi connectivity index (χ4v) is 2.81. The maximum absolute atomic E-state index is 12.3. The standard InChI is InChI=1S/C19H25N5O/c1-13(10-11-14-8-6-5-7-9-14)21-18-22-16-15(17(25)23-18)12-20-24(16)19(2,3)4/h5-9,12-13H,10-11H2,1-4H3,(H2,21,22,23,25). The van der Waals surface area contributed by atoms with E-state index in [0.29, 0.717) is 17.0 Å². The number of nitrogens with one attached hydrogen (secondary N) is 2. The van der Waals surface area contributed by atoms with Gasteiger partial charge in [-0.3, -0.25) is 9.78 Å². The Morgan fingerprint density at radius 1 is 1.24 bits per heavy atom. The van der Waals surface area contributed by atoms with Crippen LogP contribution >= 0.6 is 0 Å². The highest BCUT2D eigenvalue weighted by molar-refractivity contribution is 5.74. The van der Waals surface area contributed by atoms with Gasteiger partial charge in [0.1, 0.15) is 5.39 Å². The molecule has 2 N–H and O–H groups in total. The molecule has 0 aliphatic rings. The van der Waals surface area contributed by atoms with Crippen LogP contribution in [0.1, 0.15) is 39.7 Å². The molecule has 0 aliphatic carbocycles. The van der Waals surface area contributed by atoms with Crippen molar-refractivity contribution in [2.45, 2.75) is 52.1 Å². The van der Waals surface area contributed by atoms with E-state index >= 15 is 0 Å². The van der Waals surface area contributed by atoms with Gasteiger partial charge in [-0.1, -0.05) is 30.3 Å². The molecular weight excluding hydrogens is 314 g/mol. The van der Waals surface area contributed by atoms with Gasteiger partial charge in [0.2, 0.25) is 5.95 Å². The number of fused-ring (bicyclic) bond motifs is 1. The highest BCUT2D eigenvalue weighted by Gasteiger charge is 2.20. The van der Waals surface area contributed by atoms with E-state index < -0.39 is 0 Å². The minimum absolute atomic E-state index is 0.168. The minimum atomic E-state index is -0.237. The minimum Gasteiger partial charge on any atom is -0.353 e. The Balaban J connectivity index is 1.78. The number of aromatic amines is 1. The first-order valence-corrected chi connectivity index (χ1v) is 8.63. The Kier molecular flexibility index (Phi) is 4.61. The SMILES string of the molecule is CC(CCc1ccccc1)Nc1nc2c(cnn2C(C)(C)C)c(=O)[nH]1. The summed E-state index contributed by atoms with van der Waals surface area (Å²) in [5, 5.41) is 8.15. The van der Waals surface area contributed by atoms with Gasteiger partial charge in [0, 0.05) is 6.04 Å². The van der Waals surface area contributed by atoms with Crippen LogP contribution < -0.4 is 10.9 Å². The zero-order valence-electron chi connectivity index (χ0n) is 15.2. The summed E-state index contributed by atoms with van der Waals surface area (Å²) < 4.78 is 1.79. The Hall–Kier alpha value is -2.63. The van der Waals surface area contributed by atoms with Crippen LogP contribution in [-0.4, -0.2) is 25.8 Å². The topological polar surface area (TPSA) is 75.6 Å². The number of aryl methyl sites for hydroxylation is 1. The highest BCUT2D eigenvalue weighted by Crippen LogP contribution is 2.19. The summed E-state index contributed by atoms with van der Waals surface area (Å²) in [4.78, 5) is 19.7. The fraction of sp³-hybridized carbons (Fsp3) is 0.421. The molecule has 25 heavy (non-hydrogen) atoms. The number of benzene rings is 1. The normalized spacial score (nSPS) is 13.1. The molecule has 1 atom stereocenters. The molecule has 6 heteroatoms. The summed E-state index contributed by atoms with van der Waals surface area (Å²) in [6.07, 6.45) is 3.50. The summed E-state index contributed by atoms with van der Waals surface area (Å²) in [5.41, 5.74) is 1.50. The summed E-state index contributed by atoms with van der Waals surface area (Å²) in [6.45, 7) is 8.21. The van der Waals surface area contributed by atoms with Gasteiger partial charge in [-0.05, 0) is 46.1 Å². The Labute approximate surface area is 147 Å². The van der Waals surface area contributed by atoms with E-state index in [1.807, 2.05) is 39.0 Å². The molecule has 0 amide bonds. The number of anilines is 1. The molecule has 1 aromatic carbocycles. The maximum Gasteiger partial charge on any atom is 0.263 e. The molecule has 0 radical (unpaired) electrons. The van der Waals surface area contributed by atoms with Crippen LogP contribution in [0.25, 0.3) is 11.0 Å². The number of aromatic nitrogens is 4. The van der Waals surface area contributed by atoms with E-state index in [1.165, 1.54) is 5.56 Å². The second-order valence-electron chi connectivity index (χ2n) is 7.45. The second-order valence-corrected chi connectivity index (χ2v) is 7.45. The van der Waals surface area contributed by atoms with Gasteiger partial charge in [-0.25, -0.2) is 4.68 Å². The van der Waals surface area contributed by atoms with Gasteiger partial charge >= 0.3 is 0 Å². The molecule has 0 saturated heterocycles. The molecule has 3 rings (SSSR count). The van der Waals surface area contributed by atoms with Crippen molar-refractivity contribution in [1.82, 2.24) is 19.7 Å². The number of H-pyrrole nitrogens is 1. The van der Waals surface area contributed by atoms with Crippen LogP contribution in [0.5, 0.6) is 0 Å². The quantitative estimate of drug-likeness (QED) is 0.748. The van der Waals surface area contributed by atoms with E-state index in [2.05, 4.69) is 39.4 Å². The Morgan fingerprint density at radius 2 is 1.96 bits per heavy atom. The number of nitrogens with zero attached hydrogens (tertiary/aromatic N) is 3. The molecule has 3 aromatic rings. The Bertz CT molecular complexity index is 905. The zero-order chi connectivity index (χ0) is 18.0. The second kappa shape index (κ2) is 6.70. The summed E-state index contributed by atoms with van der Waals surface area (Å²) in [7, 11) is 0. The maximum atomic E-state index is 12.3. The van der Waals surface area contributed by atoms with Crippen molar-refractivity contribution in [2.75, 3.05) is 5.32 Å². The average Bonchev–Trinajstić information content (AvgIpc) is 2.98. The van der Waals surface area contributed by atoms with Crippen LogP contribution in [0, 0.1) is 0 Å². The number of hydrogen-bond acceptors (Lipinski definition) is 4. The molecule has 0 saturated carbocycles. The third kappa shape index (κ3) is 3.90. The van der Waals surface area contributed by atoms with Crippen LogP contribution in [0.2, 0.25) is 0 Å². The highest BCUT2D eigenvalue weighted by atomic mass is 16.1. The molecule has 0 fully saturated rings. The van der Waals surface area contributed by atoms with Crippen LogP contribution in [0.3, 0.4) is 0 Å². The van der Waals surface area contributed by atoms with Gasteiger partial charge in [0.05, 0.1) is 11.7 Å². The van der Waals surface area contributed by atoms with Gasteiger partial charge in [-0.15, -0.1) is 0 Å². The van der Waals surface area contributed by atoms with Gasteiger partial charge in [0.25, 0.3) is 5.56 Å². The third-order valence-corrected chi connectivity index (χ3v) is 4.17. The van der Waals surface area contributed by atoms with Gasteiger partial charge in [0.15, 0.2) is 5.65 Å². The lowest BCUT2D eigenvalue weighted by Gasteiger charge is -2.20. The van der Waals surface area contributed by atoms with Crippen molar-refractivity contribution in [3.05, 3.63) is 52.4 Å². The summed E-state index contributed by atoms with van der Waals surface area (Å²) in [6, 6.07) is 10.6. The first-order chi connectivity index (χ1) is 11.8. The summed E-state index contributed by atoms with van der Waals surface area (Å²) >= 11 is 0. The zero-order valence-corrected chi connectivity index (χ0v) is 15.2. The molecule has 132 valence electrons. The van der Waals surface area contributed by atoms with Gasteiger partial charge in [-0.2, -0.15) is 10.1 Å². The van der Waals surface area contributed by atoms with E-state index in [1.54, 1.807) is 10.9 Å². The van der Waals surface area contributed by atoms with E-state index in [9.17, 15) is 4.79 Å². The lowest BCUT2D eigenvalue weighted by molar-refractivity contribution is 0.366. The predicted molar refractivity (Wildman–Crippen MR) is 101 cm³/mol. The molecule has 2 aromatic heterocycles. The van der Waals surface area contributed by atoms with Gasteiger partial charge < -0.3 is 5.32 Å². The van der Waals surface area contributed by atoms with Crippen molar-refractivity contribution in [2.24, 2.45) is 0 Å². The van der Waals surface area contributed by atoms with E-state index in [-0.39, 0.29) is 17.1 Å². The molecule has 0 bridgehead atoms. The molecule has 0 spiro atoms. The summed E-state index contributed by atoms with van der Waals surface area (Å²) in [5.74, 6) is 0.490. The molecule has 0 aliphatic heterocycles. The molecule has 2 heterocycles. The lowest BCUT2D eigenvalue weighted by Crippen LogP contribution is -2.25. The van der Waals surface area contributed by atoms with E-state index in [4.69, 9.17) is 0 Å². The van der Waals surface area contributed by atoms with Crippen LogP contribution in [0.15, 0.2) is 41.3 Å². The fourth-order valence-electron chi connectivity index (χ4n) is 2.81. The first kappa shape index (κ1) is 17.2. The first-order valence-electron chi connectivity index (χ1n) is 8.63. The number of hydrogen-bond donors (Lipinski definition) is 2. The monoisotopic (exact) mass is 339 g/mol. The number of rotatable bonds is 5. The van der Waals surface area contributed by atoms with Crippen molar-refractivity contribution < 1.29 is 0 Å². The van der Waals surface area contributed by atoms with Crippen molar-refractivity contribution >= 4 is 17.0 Å². The van der Waals surface area contributed by atoms with E-state index in [0.717, 1.165) is 12.8 Å². The lowest BCUT2D eigenvalue weighted by atomic mass is 10.1. The van der Waals surface area contributed by atoms with Crippen LogP contribution in [0.4, 0.5) is 5.95 Å². The molecular formula is C19H25N5O. The predicted octanol–water partition coefficient (Wildman–Crippen LogP) is 3.31. The van der Waals surface area contributed by atoms with Crippen molar-refractivity contribution in [3.8, 4) is 0 Å². The third-order valence-electron chi connectivity index (χ3n) is 4.17.